The molecule has 0 fully saturated rings. The molecule has 1 atom stereocenters. The lowest BCUT2D eigenvalue weighted by atomic mass is 10.0. The average molecular weight is 337 g/mol. The Morgan fingerprint density at radius 1 is 1.30 bits per heavy atom. The van der Waals surface area contributed by atoms with Crippen molar-refractivity contribution in [2.75, 3.05) is 0 Å². The van der Waals surface area contributed by atoms with E-state index in [0.717, 1.165) is 40.0 Å². The lowest BCUT2D eigenvalue weighted by Gasteiger charge is -2.15. The Labute approximate surface area is 128 Å². The summed E-state index contributed by atoms with van der Waals surface area (Å²) in [4.78, 5) is 4.36. The minimum atomic E-state index is -0.515. The van der Waals surface area contributed by atoms with Gasteiger partial charge in [0.25, 0.3) is 0 Å². The summed E-state index contributed by atoms with van der Waals surface area (Å²) in [6, 6.07) is 4.07. The van der Waals surface area contributed by atoms with Crippen LogP contribution in [0, 0.1) is 13.8 Å². The number of halogens is 1. The first-order chi connectivity index (χ1) is 9.52. The van der Waals surface area contributed by atoms with Gasteiger partial charge in [-0.1, -0.05) is 35.0 Å². The standard InChI is InChI=1S/C16H21BrN2O/c1-4-6-19-7-5-18-15(19)10-14(20)13-8-11(2)16(17)12(3)9-13/h5,7-9,14,20H,4,6,10H2,1-3H3. The Hall–Kier alpha value is -1.13. The number of aliphatic hydroxyl groups is 1. The van der Waals surface area contributed by atoms with Gasteiger partial charge in [0.05, 0.1) is 6.10 Å². The summed E-state index contributed by atoms with van der Waals surface area (Å²) in [5.74, 6) is 0.942. The van der Waals surface area contributed by atoms with Crippen LogP contribution in [-0.4, -0.2) is 14.7 Å². The number of hydrogen-bond donors (Lipinski definition) is 1. The molecule has 0 aliphatic rings. The maximum absolute atomic E-state index is 10.5. The van der Waals surface area contributed by atoms with E-state index >= 15 is 0 Å². The maximum Gasteiger partial charge on any atom is 0.111 e. The van der Waals surface area contributed by atoms with Crippen molar-refractivity contribution in [3.8, 4) is 0 Å². The highest BCUT2D eigenvalue weighted by Crippen LogP contribution is 2.27. The molecule has 108 valence electrons. The van der Waals surface area contributed by atoms with Crippen LogP contribution >= 0.6 is 15.9 Å². The quantitative estimate of drug-likeness (QED) is 0.897. The smallest absolute Gasteiger partial charge is 0.111 e. The largest absolute Gasteiger partial charge is 0.388 e. The molecule has 0 saturated heterocycles. The molecular weight excluding hydrogens is 316 g/mol. The van der Waals surface area contributed by atoms with Gasteiger partial charge in [0.1, 0.15) is 5.82 Å². The topological polar surface area (TPSA) is 38.0 Å². The molecule has 2 aromatic rings. The van der Waals surface area contributed by atoms with Gasteiger partial charge in [0, 0.05) is 29.8 Å². The molecule has 0 aliphatic carbocycles. The van der Waals surface area contributed by atoms with Gasteiger partial charge in [-0.25, -0.2) is 4.98 Å². The van der Waals surface area contributed by atoms with E-state index in [1.165, 1.54) is 0 Å². The second kappa shape index (κ2) is 6.55. The first-order valence-corrected chi connectivity index (χ1v) is 7.77. The molecule has 1 heterocycles. The average Bonchev–Trinajstić information content (AvgIpc) is 2.83. The van der Waals surface area contributed by atoms with Crippen molar-refractivity contribution >= 4 is 15.9 Å². The number of hydrogen-bond acceptors (Lipinski definition) is 2. The molecule has 3 nitrogen and oxygen atoms in total. The minimum absolute atomic E-state index is 0.515. The van der Waals surface area contributed by atoms with Crippen LogP contribution in [0.25, 0.3) is 0 Å². The van der Waals surface area contributed by atoms with Crippen LogP contribution in [0.1, 0.15) is 42.0 Å². The van der Waals surface area contributed by atoms with E-state index in [9.17, 15) is 5.11 Å². The lowest BCUT2D eigenvalue weighted by Crippen LogP contribution is -2.09. The molecule has 1 unspecified atom stereocenters. The van der Waals surface area contributed by atoms with Gasteiger partial charge < -0.3 is 9.67 Å². The number of benzene rings is 1. The second-order valence-corrected chi connectivity index (χ2v) is 6.02. The molecule has 0 aliphatic heterocycles. The predicted octanol–water partition coefficient (Wildman–Crippen LogP) is 3.95. The van der Waals surface area contributed by atoms with Gasteiger partial charge in [-0.2, -0.15) is 0 Å². The fourth-order valence-corrected chi connectivity index (χ4v) is 2.67. The summed E-state index contributed by atoms with van der Waals surface area (Å²) in [6.45, 7) is 7.18. The highest BCUT2D eigenvalue weighted by Gasteiger charge is 2.14. The molecule has 0 radical (unpaired) electrons. The van der Waals surface area contributed by atoms with Crippen LogP contribution in [0.15, 0.2) is 29.0 Å². The number of aromatic nitrogens is 2. The fourth-order valence-electron chi connectivity index (χ4n) is 2.44. The van der Waals surface area contributed by atoms with Crippen LogP contribution < -0.4 is 0 Å². The van der Waals surface area contributed by atoms with Crippen molar-refractivity contribution in [2.24, 2.45) is 0 Å². The summed E-state index contributed by atoms with van der Waals surface area (Å²) < 4.78 is 3.22. The fraction of sp³-hybridized carbons (Fsp3) is 0.438. The van der Waals surface area contributed by atoms with E-state index in [1.807, 2.05) is 32.2 Å². The molecule has 0 amide bonds. The zero-order valence-corrected chi connectivity index (χ0v) is 13.8. The van der Waals surface area contributed by atoms with Crippen molar-refractivity contribution in [1.29, 1.82) is 0 Å². The van der Waals surface area contributed by atoms with Crippen LogP contribution in [0.5, 0.6) is 0 Å². The third kappa shape index (κ3) is 3.30. The van der Waals surface area contributed by atoms with Crippen LogP contribution in [0.4, 0.5) is 0 Å². The molecule has 20 heavy (non-hydrogen) atoms. The van der Waals surface area contributed by atoms with Gasteiger partial charge >= 0.3 is 0 Å². The molecule has 1 N–H and O–H groups in total. The third-order valence-corrected chi connectivity index (χ3v) is 4.74. The summed E-state index contributed by atoms with van der Waals surface area (Å²) >= 11 is 3.56. The Morgan fingerprint density at radius 3 is 2.55 bits per heavy atom. The van der Waals surface area contributed by atoms with Crippen molar-refractivity contribution in [2.45, 2.75) is 46.3 Å². The zero-order valence-electron chi connectivity index (χ0n) is 12.2. The van der Waals surface area contributed by atoms with Gasteiger partial charge in [-0.3, -0.25) is 0 Å². The monoisotopic (exact) mass is 336 g/mol. The highest BCUT2D eigenvalue weighted by molar-refractivity contribution is 9.10. The highest BCUT2D eigenvalue weighted by atomic mass is 79.9. The normalized spacial score (nSPS) is 12.7. The predicted molar refractivity (Wildman–Crippen MR) is 84.8 cm³/mol. The molecular formula is C16H21BrN2O. The number of nitrogens with zero attached hydrogens (tertiary/aromatic N) is 2. The lowest BCUT2D eigenvalue weighted by molar-refractivity contribution is 0.174. The maximum atomic E-state index is 10.5. The SMILES string of the molecule is CCCn1ccnc1CC(O)c1cc(C)c(Br)c(C)c1. The van der Waals surface area contributed by atoms with Gasteiger partial charge in [-0.05, 0) is 37.0 Å². The first-order valence-electron chi connectivity index (χ1n) is 6.97. The number of imidazole rings is 1. The Bertz CT molecular complexity index is 569. The molecule has 4 heteroatoms. The van der Waals surface area contributed by atoms with Crippen LogP contribution in [0.2, 0.25) is 0 Å². The summed E-state index contributed by atoms with van der Waals surface area (Å²) in [5, 5.41) is 10.5. The van der Waals surface area contributed by atoms with Crippen LogP contribution in [0.3, 0.4) is 0 Å². The molecule has 0 bridgehead atoms. The second-order valence-electron chi connectivity index (χ2n) is 5.23. The van der Waals surface area contributed by atoms with E-state index in [2.05, 4.69) is 32.4 Å². The van der Waals surface area contributed by atoms with E-state index in [0.29, 0.717) is 6.42 Å². The minimum Gasteiger partial charge on any atom is -0.388 e. The van der Waals surface area contributed by atoms with E-state index in [-0.39, 0.29) is 0 Å². The van der Waals surface area contributed by atoms with Gasteiger partial charge in [0.15, 0.2) is 0 Å². The molecule has 2 rings (SSSR count). The van der Waals surface area contributed by atoms with E-state index < -0.39 is 6.10 Å². The third-order valence-electron chi connectivity index (χ3n) is 3.49. The molecule has 1 aromatic carbocycles. The Morgan fingerprint density at radius 2 is 1.95 bits per heavy atom. The first kappa shape index (κ1) is 15.3. The number of rotatable bonds is 5. The number of aryl methyl sites for hydroxylation is 3. The Balaban J connectivity index is 2.19. The molecule has 0 saturated carbocycles. The van der Waals surface area contributed by atoms with Crippen LogP contribution in [-0.2, 0) is 13.0 Å². The molecule has 1 aromatic heterocycles. The zero-order chi connectivity index (χ0) is 14.7. The Kier molecular flexibility index (Phi) is 5.00. The summed E-state index contributed by atoms with van der Waals surface area (Å²) in [7, 11) is 0. The van der Waals surface area contributed by atoms with E-state index in [1.54, 1.807) is 6.20 Å². The van der Waals surface area contributed by atoms with Crippen molar-refractivity contribution < 1.29 is 5.11 Å². The molecule has 0 spiro atoms. The van der Waals surface area contributed by atoms with Crippen molar-refractivity contribution in [1.82, 2.24) is 9.55 Å². The number of aliphatic hydroxyl groups excluding tert-OH is 1. The van der Waals surface area contributed by atoms with Crippen molar-refractivity contribution in [3.05, 3.63) is 51.5 Å². The van der Waals surface area contributed by atoms with Gasteiger partial charge in [-0.15, -0.1) is 0 Å². The van der Waals surface area contributed by atoms with E-state index in [4.69, 9.17) is 0 Å². The summed E-state index contributed by atoms with van der Waals surface area (Å²) in [6.07, 6.45) is 4.88. The van der Waals surface area contributed by atoms with Gasteiger partial charge in [0.2, 0.25) is 0 Å². The van der Waals surface area contributed by atoms with Crippen molar-refractivity contribution in [3.63, 3.8) is 0 Å². The summed E-state index contributed by atoms with van der Waals surface area (Å²) in [5.41, 5.74) is 3.25.